The van der Waals surface area contributed by atoms with E-state index in [2.05, 4.69) is 5.38 Å². The molecule has 0 aliphatic carbocycles. The predicted molar refractivity (Wildman–Crippen MR) is 63.7 cm³/mol. The first-order valence-electron chi connectivity index (χ1n) is 5.16. The molecule has 15 heavy (non-hydrogen) atoms. The molecule has 0 saturated heterocycles. The number of nitrogens with zero attached hydrogens (tertiary/aromatic N) is 1. The summed E-state index contributed by atoms with van der Waals surface area (Å²) in [7, 11) is 1.80. The fraction of sp³-hybridized carbons (Fsp3) is 0.545. The summed E-state index contributed by atoms with van der Waals surface area (Å²) in [6.45, 7) is 2.69. The second-order valence-corrected chi connectivity index (χ2v) is 4.50. The molecule has 1 amide bonds. The van der Waals surface area contributed by atoms with E-state index in [1.165, 1.54) is 5.56 Å². The molecule has 0 aliphatic rings. The third-order valence-electron chi connectivity index (χ3n) is 2.29. The van der Waals surface area contributed by atoms with E-state index < -0.39 is 0 Å². The van der Waals surface area contributed by atoms with Crippen molar-refractivity contribution in [2.45, 2.75) is 32.4 Å². The fourth-order valence-corrected chi connectivity index (χ4v) is 2.11. The highest BCUT2D eigenvalue weighted by molar-refractivity contribution is 7.07. The molecule has 0 bridgehead atoms. The van der Waals surface area contributed by atoms with Crippen molar-refractivity contribution < 1.29 is 4.79 Å². The molecule has 0 radical (unpaired) electrons. The molecule has 0 unspecified atom stereocenters. The molecule has 3 nitrogen and oxygen atoms in total. The maximum atomic E-state index is 11.8. The standard InChI is InChI=1S/C11H18N2OS/c1-3-4-10(12)11(14)13(2)7-9-5-6-15-8-9/h5-6,8,10H,3-4,7,12H2,1-2H3/t10-/m1/s1. The molecule has 1 aromatic rings. The van der Waals surface area contributed by atoms with Crippen molar-refractivity contribution in [1.82, 2.24) is 4.90 Å². The van der Waals surface area contributed by atoms with E-state index in [1.807, 2.05) is 18.4 Å². The Labute approximate surface area is 94.9 Å². The monoisotopic (exact) mass is 226 g/mol. The van der Waals surface area contributed by atoms with Gasteiger partial charge >= 0.3 is 0 Å². The summed E-state index contributed by atoms with van der Waals surface area (Å²) in [5.74, 6) is 0.0306. The molecular weight excluding hydrogens is 208 g/mol. The number of nitrogens with two attached hydrogens (primary N) is 1. The van der Waals surface area contributed by atoms with E-state index in [1.54, 1.807) is 23.3 Å². The van der Waals surface area contributed by atoms with Gasteiger partial charge in [0.05, 0.1) is 6.04 Å². The molecule has 0 saturated carbocycles. The Morgan fingerprint density at radius 3 is 2.93 bits per heavy atom. The highest BCUT2D eigenvalue weighted by Crippen LogP contribution is 2.09. The van der Waals surface area contributed by atoms with Crippen molar-refractivity contribution in [3.05, 3.63) is 22.4 Å². The highest BCUT2D eigenvalue weighted by atomic mass is 32.1. The number of hydrogen-bond acceptors (Lipinski definition) is 3. The van der Waals surface area contributed by atoms with Crippen LogP contribution in [0, 0.1) is 0 Å². The van der Waals surface area contributed by atoms with Gasteiger partial charge in [-0.25, -0.2) is 0 Å². The van der Waals surface area contributed by atoms with Crippen LogP contribution >= 0.6 is 11.3 Å². The van der Waals surface area contributed by atoms with Crippen molar-refractivity contribution in [2.24, 2.45) is 5.73 Å². The van der Waals surface area contributed by atoms with Crippen molar-refractivity contribution in [1.29, 1.82) is 0 Å². The smallest absolute Gasteiger partial charge is 0.239 e. The number of amides is 1. The van der Waals surface area contributed by atoms with Crippen LogP contribution in [0.1, 0.15) is 25.3 Å². The molecule has 0 aromatic carbocycles. The van der Waals surface area contributed by atoms with Crippen LogP contribution in [0.3, 0.4) is 0 Å². The lowest BCUT2D eigenvalue weighted by atomic mass is 10.1. The number of thiophene rings is 1. The second-order valence-electron chi connectivity index (χ2n) is 3.72. The molecule has 1 heterocycles. The summed E-state index contributed by atoms with van der Waals surface area (Å²) >= 11 is 1.64. The summed E-state index contributed by atoms with van der Waals surface area (Å²) in [5, 5.41) is 4.06. The third-order valence-corrected chi connectivity index (χ3v) is 3.02. The number of carbonyl (C=O) groups excluding carboxylic acids is 1. The van der Waals surface area contributed by atoms with Crippen molar-refractivity contribution in [3.63, 3.8) is 0 Å². The first kappa shape index (κ1) is 12.2. The van der Waals surface area contributed by atoms with E-state index in [4.69, 9.17) is 5.73 Å². The molecular formula is C11H18N2OS. The Balaban J connectivity index is 2.46. The summed E-state index contributed by atoms with van der Waals surface area (Å²) in [4.78, 5) is 13.5. The minimum absolute atomic E-state index is 0.0306. The molecule has 0 aliphatic heterocycles. The molecule has 2 N–H and O–H groups in total. The lowest BCUT2D eigenvalue weighted by Gasteiger charge is -2.20. The minimum Gasteiger partial charge on any atom is -0.340 e. The van der Waals surface area contributed by atoms with Crippen LogP contribution in [-0.4, -0.2) is 23.9 Å². The van der Waals surface area contributed by atoms with Crippen LogP contribution in [0.25, 0.3) is 0 Å². The van der Waals surface area contributed by atoms with Crippen LogP contribution in [0.2, 0.25) is 0 Å². The lowest BCUT2D eigenvalue weighted by Crippen LogP contribution is -2.41. The first-order valence-corrected chi connectivity index (χ1v) is 6.11. The van der Waals surface area contributed by atoms with Crippen LogP contribution in [0.4, 0.5) is 0 Å². The van der Waals surface area contributed by atoms with Crippen LogP contribution in [-0.2, 0) is 11.3 Å². The normalized spacial score (nSPS) is 12.5. The number of rotatable bonds is 5. The topological polar surface area (TPSA) is 46.3 Å². The van der Waals surface area contributed by atoms with Gasteiger partial charge in [0.2, 0.25) is 5.91 Å². The summed E-state index contributed by atoms with van der Waals surface area (Å²) in [6, 6.07) is 1.68. The van der Waals surface area contributed by atoms with Gasteiger partial charge in [-0.2, -0.15) is 11.3 Å². The Morgan fingerprint density at radius 2 is 2.40 bits per heavy atom. The van der Waals surface area contributed by atoms with Gasteiger partial charge in [-0.3, -0.25) is 4.79 Å². The summed E-state index contributed by atoms with van der Waals surface area (Å²) < 4.78 is 0. The van der Waals surface area contributed by atoms with Gasteiger partial charge < -0.3 is 10.6 Å². The summed E-state index contributed by atoms with van der Waals surface area (Å²) in [6.07, 6.45) is 1.70. The Kier molecular flexibility index (Phi) is 4.78. The lowest BCUT2D eigenvalue weighted by molar-refractivity contribution is -0.131. The largest absolute Gasteiger partial charge is 0.340 e. The maximum absolute atomic E-state index is 11.8. The van der Waals surface area contributed by atoms with E-state index >= 15 is 0 Å². The highest BCUT2D eigenvalue weighted by Gasteiger charge is 2.16. The Morgan fingerprint density at radius 1 is 1.67 bits per heavy atom. The van der Waals surface area contributed by atoms with Gasteiger partial charge in [0.25, 0.3) is 0 Å². The van der Waals surface area contributed by atoms with Crippen molar-refractivity contribution >= 4 is 17.2 Å². The van der Waals surface area contributed by atoms with E-state index in [0.29, 0.717) is 6.54 Å². The Hall–Kier alpha value is -0.870. The zero-order chi connectivity index (χ0) is 11.3. The molecule has 1 rings (SSSR count). The fourth-order valence-electron chi connectivity index (χ4n) is 1.45. The second kappa shape index (κ2) is 5.88. The molecule has 1 aromatic heterocycles. The SMILES string of the molecule is CCC[C@@H](N)C(=O)N(C)Cc1ccsc1. The van der Waals surface area contributed by atoms with E-state index in [-0.39, 0.29) is 11.9 Å². The van der Waals surface area contributed by atoms with Crippen LogP contribution < -0.4 is 5.73 Å². The first-order chi connectivity index (χ1) is 7.15. The molecule has 1 atom stereocenters. The van der Waals surface area contributed by atoms with Gasteiger partial charge in [-0.15, -0.1) is 0 Å². The maximum Gasteiger partial charge on any atom is 0.239 e. The predicted octanol–water partition coefficient (Wildman–Crippen LogP) is 1.83. The third kappa shape index (κ3) is 3.64. The Bertz CT molecular complexity index is 298. The average Bonchev–Trinajstić information content (AvgIpc) is 2.69. The van der Waals surface area contributed by atoms with Crippen molar-refractivity contribution in [3.8, 4) is 0 Å². The minimum atomic E-state index is -0.348. The van der Waals surface area contributed by atoms with E-state index in [0.717, 1.165) is 12.8 Å². The quantitative estimate of drug-likeness (QED) is 0.832. The summed E-state index contributed by atoms with van der Waals surface area (Å²) in [5.41, 5.74) is 6.94. The molecule has 84 valence electrons. The average molecular weight is 226 g/mol. The van der Waals surface area contributed by atoms with Gasteiger partial charge in [0, 0.05) is 13.6 Å². The molecule has 4 heteroatoms. The molecule has 0 fully saturated rings. The van der Waals surface area contributed by atoms with Gasteiger partial charge in [0.1, 0.15) is 0 Å². The van der Waals surface area contributed by atoms with Crippen molar-refractivity contribution in [2.75, 3.05) is 7.05 Å². The van der Waals surface area contributed by atoms with E-state index in [9.17, 15) is 4.79 Å². The zero-order valence-electron chi connectivity index (χ0n) is 9.27. The van der Waals surface area contributed by atoms with Crippen LogP contribution in [0.5, 0.6) is 0 Å². The molecule has 0 spiro atoms. The number of carbonyl (C=O) groups is 1. The van der Waals surface area contributed by atoms with Gasteiger partial charge in [0.15, 0.2) is 0 Å². The zero-order valence-corrected chi connectivity index (χ0v) is 10.1. The van der Waals surface area contributed by atoms with Crippen LogP contribution in [0.15, 0.2) is 16.8 Å². The number of hydrogen-bond donors (Lipinski definition) is 1. The number of likely N-dealkylation sites (N-methyl/N-ethyl adjacent to an activating group) is 1. The van der Waals surface area contributed by atoms with Gasteiger partial charge in [-0.1, -0.05) is 13.3 Å². The van der Waals surface area contributed by atoms with Gasteiger partial charge in [-0.05, 0) is 28.8 Å².